The van der Waals surface area contributed by atoms with Crippen molar-refractivity contribution < 1.29 is 0 Å². The molecule has 0 spiro atoms. The van der Waals surface area contributed by atoms with E-state index in [0.717, 1.165) is 12.3 Å². The molecule has 1 aromatic rings. The van der Waals surface area contributed by atoms with Gasteiger partial charge in [-0.2, -0.15) is 0 Å². The Morgan fingerprint density at radius 3 is 2.29 bits per heavy atom. The summed E-state index contributed by atoms with van der Waals surface area (Å²) in [4.78, 5) is 2.62. The Morgan fingerprint density at radius 1 is 1.14 bits per heavy atom. The molecule has 0 aromatic heterocycles. The van der Waals surface area contributed by atoms with Crippen molar-refractivity contribution in [2.45, 2.75) is 59.0 Å². The van der Waals surface area contributed by atoms with E-state index in [1.807, 2.05) is 0 Å². The summed E-state index contributed by atoms with van der Waals surface area (Å²) >= 11 is 0. The quantitative estimate of drug-likeness (QED) is 0.845. The van der Waals surface area contributed by atoms with Crippen LogP contribution in [-0.4, -0.2) is 30.6 Å². The van der Waals surface area contributed by atoms with E-state index in [-0.39, 0.29) is 0 Å². The molecule has 2 heteroatoms. The van der Waals surface area contributed by atoms with Crippen LogP contribution in [0.1, 0.15) is 57.2 Å². The van der Waals surface area contributed by atoms with Crippen molar-refractivity contribution in [3.63, 3.8) is 0 Å². The zero-order valence-corrected chi connectivity index (χ0v) is 14.2. The van der Waals surface area contributed by atoms with Gasteiger partial charge in [-0.25, -0.2) is 0 Å². The number of hydrogen-bond acceptors (Lipinski definition) is 2. The standard InChI is InChI=1S/C19H32N2/c1-5-19(17-8-6-16(4)7-9-17)20-18-10-12-21(13-11-18)14-15(2)3/h6-9,15,18-20H,5,10-14H2,1-4H3. The molecule has 2 rings (SSSR count). The molecule has 1 heterocycles. The van der Waals surface area contributed by atoms with Crippen LogP contribution < -0.4 is 5.32 Å². The molecular weight excluding hydrogens is 256 g/mol. The van der Waals surface area contributed by atoms with E-state index in [1.165, 1.54) is 43.6 Å². The van der Waals surface area contributed by atoms with Crippen molar-refractivity contribution in [2.24, 2.45) is 5.92 Å². The average molecular weight is 288 g/mol. The van der Waals surface area contributed by atoms with Gasteiger partial charge in [0.1, 0.15) is 0 Å². The van der Waals surface area contributed by atoms with Gasteiger partial charge in [0.2, 0.25) is 0 Å². The monoisotopic (exact) mass is 288 g/mol. The maximum atomic E-state index is 3.89. The zero-order chi connectivity index (χ0) is 15.2. The van der Waals surface area contributed by atoms with Crippen LogP contribution in [0.15, 0.2) is 24.3 Å². The molecule has 1 fully saturated rings. The fourth-order valence-electron chi connectivity index (χ4n) is 3.33. The maximum Gasteiger partial charge on any atom is 0.0320 e. The molecule has 1 N–H and O–H groups in total. The third-order valence-electron chi connectivity index (χ3n) is 4.54. The van der Waals surface area contributed by atoms with E-state index in [1.54, 1.807) is 0 Å². The lowest BCUT2D eigenvalue weighted by molar-refractivity contribution is 0.174. The normalized spacial score (nSPS) is 19.1. The van der Waals surface area contributed by atoms with Crippen LogP contribution in [0.4, 0.5) is 0 Å². The summed E-state index contributed by atoms with van der Waals surface area (Å²) in [5.74, 6) is 0.783. The van der Waals surface area contributed by atoms with Crippen LogP contribution in [0.5, 0.6) is 0 Å². The lowest BCUT2D eigenvalue weighted by Gasteiger charge is -2.35. The largest absolute Gasteiger partial charge is 0.307 e. The third-order valence-corrected chi connectivity index (χ3v) is 4.54. The number of nitrogens with zero attached hydrogens (tertiary/aromatic N) is 1. The molecule has 1 aliphatic rings. The van der Waals surface area contributed by atoms with Gasteiger partial charge in [0.15, 0.2) is 0 Å². The molecular formula is C19H32N2. The van der Waals surface area contributed by atoms with E-state index in [4.69, 9.17) is 0 Å². The fourth-order valence-corrected chi connectivity index (χ4v) is 3.33. The summed E-state index contributed by atoms with van der Waals surface area (Å²) in [5.41, 5.74) is 2.78. The van der Waals surface area contributed by atoms with Gasteiger partial charge in [-0.05, 0) is 50.8 Å². The second-order valence-corrected chi connectivity index (χ2v) is 7.01. The van der Waals surface area contributed by atoms with Gasteiger partial charge in [0.25, 0.3) is 0 Å². The zero-order valence-electron chi connectivity index (χ0n) is 14.2. The van der Waals surface area contributed by atoms with Crippen molar-refractivity contribution in [3.05, 3.63) is 35.4 Å². The first-order chi connectivity index (χ1) is 10.1. The van der Waals surface area contributed by atoms with Crippen molar-refractivity contribution in [1.82, 2.24) is 10.2 Å². The van der Waals surface area contributed by atoms with E-state index in [9.17, 15) is 0 Å². The minimum absolute atomic E-state index is 0.507. The first kappa shape index (κ1) is 16.5. The number of likely N-dealkylation sites (tertiary alicyclic amines) is 1. The van der Waals surface area contributed by atoms with Gasteiger partial charge >= 0.3 is 0 Å². The highest BCUT2D eigenvalue weighted by Crippen LogP contribution is 2.21. The SMILES string of the molecule is CCC(NC1CCN(CC(C)C)CC1)c1ccc(C)cc1. The Balaban J connectivity index is 1.84. The van der Waals surface area contributed by atoms with Gasteiger partial charge in [0.05, 0.1) is 0 Å². The van der Waals surface area contributed by atoms with Gasteiger partial charge in [-0.3, -0.25) is 0 Å². The number of benzene rings is 1. The number of aryl methyl sites for hydroxylation is 1. The third kappa shape index (κ3) is 5.12. The minimum atomic E-state index is 0.507. The van der Waals surface area contributed by atoms with Crippen molar-refractivity contribution in [3.8, 4) is 0 Å². The molecule has 1 aromatic carbocycles. The van der Waals surface area contributed by atoms with Crippen LogP contribution >= 0.6 is 0 Å². The second-order valence-electron chi connectivity index (χ2n) is 7.01. The van der Waals surface area contributed by atoms with Gasteiger partial charge in [-0.1, -0.05) is 50.6 Å². The fraction of sp³-hybridized carbons (Fsp3) is 0.684. The molecule has 1 unspecified atom stereocenters. The maximum absolute atomic E-state index is 3.89. The minimum Gasteiger partial charge on any atom is -0.307 e. The van der Waals surface area contributed by atoms with Crippen molar-refractivity contribution >= 4 is 0 Å². The number of nitrogens with one attached hydrogen (secondary N) is 1. The Labute approximate surface area is 130 Å². The molecule has 0 aliphatic carbocycles. The van der Waals surface area contributed by atoms with Crippen LogP contribution in [0.25, 0.3) is 0 Å². The Bertz CT molecular complexity index is 402. The van der Waals surface area contributed by atoms with Crippen LogP contribution in [-0.2, 0) is 0 Å². The molecule has 0 saturated carbocycles. The Hall–Kier alpha value is -0.860. The van der Waals surface area contributed by atoms with E-state index >= 15 is 0 Å². The van der Waals surface area contributed by atoms with Crippen molar-refractivity contribution in [1.29, 1.82) is 0 Å². The topological polar surface area (TPSA) is 15.3 Å². The first-order valence-corrected chi connectivity index (χ1v) is 8.63. The molecule has 0 radical (unpaired) electrons. The summed E-state index contributed by atoms with van der Waals surface area (Å²) in [6.45, 7) is 12.8. The molecule has 1 atom stereocenters. The summed E-state index contributed by atoms with van der Waals surface area (Å²) in [6, 6.07) is 10.2. The molecule has 1 saturated heterocycles. The lowest BCUT2D eigenvalue weighted by atomic mass is 9.98. The van der Waals surface area contributed by atoms with Crippen LogP contribution in [0.3, 0.4) is 0 Å². The predicted molar refractivity (Wildman–Crippen MR) is 91.6 cm³/mol. The number of hydrogen-bond donors (Lipinski definition) is 1. The smallest absolute Gasteiger partial charge is 0.0320 e. The highest BCUT2D eigenvalue weighted by atomic mass is 15.1. The summed E-state index contributed by atoms with van der Waals surface area (Å²) < 4.78 is 0. The van der Waals surface area contributed by atoms with Gasteiger partial charge in [0, 0.05) is 18.6 Å². The van der Waals surface area contributed by atoms with E-state index in [0.29, 0.717) is 12.1 Å². The second kappa shape index (κ2) is 7.95. The highest BCUT2D eigenvalue weighted by molar-refractivity contribution is 5.24. The molecule has 0 bridgehead atoms. The lowest BCUT2D eigenvalue weighted by Crippen LogP contribution is -2.44. The number of piperidine rings is 1. The van der Waals surface area contributed by atoms with Crippen LogP contribution in [0.2, 0.25) is 0 Å². The molecule has 21 heavy (non-hydrogen) atoms. The first-order valence-electron chi connectivity index (χ1n) is 8.63. The predicted octanol–water partition coefficient (Wildman–Crippen LogP) is 4.16. The summed E-state index contributed by atoms with van der Waals surface area (Å²) in [7, 11) is 0. The molecule has 2 nitrogen and oxygen atoms in total. The van der Waals surface area contributed by atoms with Crippen LogP contribution in [0, 0.1) is 12.8 Å². The molecule has 118 valence electrons. The Kier molecular flexibility index (Phi) is 6.25. The summed E-state index contributed by atoms with van der Waals surface area (Å²) in [5, 5.41) is 3.89. The van der Waals surface area contributed by atoms with E-state index in [2.05, 4.69) is 62.2 Å². The van der Waals surface area contributed by atoms with Gasteiger partial charge in [-0.15, -0.1) is 0 Å². The Morgan fingerprint density at radius 2 is 1.76 bits per heavy atom. The van der Waals surface area contributed by atoms with Gasteiger partial charge < -0.3 is 10.2 Å². The average Bonchev–Trinajstić information content (AvgIpc) is 2.47. The highest BCUT2D eigenvalue weighted by Gasteiger charge is 2.22. The summed E-state index contributed by atoms with van der Waals surface area (Å²) in [6.07, 6.45) is 3.74. The molecule has 0 amide bonds. The molecule has 1 aliphatic heterocycles. The number of rotatable bonds is 6. The van der Waals surface area contributed by atoms with E-state index < -0.39 is 0 Å². The van der Waals surface area contributed by atoms with Crippen molar-refractivity contribution in [2.75, 3.05) is 19.6 Å².